The molecule has 1 aliphatic rings. The van der Waals surface area contributed by atoms with Crippen LogP contribution in [0.15, 0.2) is 6.20 Å². The Hall–Kier alpha value is -1.89. The predicted molar refractivity (Wildman–Crippen MR) is 86.0 cm³/mol. The average molecular weight is 322 g/mol. The summed E-state index contributed by atoms with van der Waals surface area (Å²) in [6.07, 6.45) is 2.30. The third-order valence-electron chi connectivity index (χ3n) is 3.96. The number of amides is 2. The summed E-state index contributed by atoms with van der Waals surface area (Å²) in [7, 11) is 1.59. The lowest BCUT2D eigenvalue weighted by atomic mass is 10.1. The zero-order valence-corrected chi connectivity index (χ0v) is 14.3. The molecule has 0 bridgehead atoms. The van der Waals surface area contributed by atoms with Crippen molar-refractivity contribution >= 4 is 11.8 Å². The lowest BCUT2D eigenvalue weighted by Crippen LogP contribution is -2.41. The van der Waals surface area contributed by atoms with Gasteiger partial charge >= 0.3 is 0 Å². The smallest absolute Gasteiger partial charge is 0.271 e. The summed E-state index contributed by atoms with van der Waals surface area (Å²) in [5.74, 6) is 1.03. The number of imidazole rings is 1. The minimum Gasteiger partial charge on any atom is -0.383 e. The van der Waals surface area contributed by atoms with Crippen LogP contribution in [0.2, 0.25) is 0 Å². The fourth-order valence-electron chi connectivity index (χ4n) is 2.77. The van der Waals surface area contributed by atoms with Gasteiger partial charge in [-0.2, -0.15) is 0 Å². The topological polar surface area (TPSA) is 76.5 Å². The van der Waals surface area contributed by atoms with E-state index >= 15 is 0 Å². The molecule has 0 aliphatic carbocycles. The second kappa shape index (κ2) is 7.59. The van der Waals surface area contributed by atoms with Crippen LogP contribution in [-0.2, 0) is 16.1 Å². The van der Waals surface area contributed by atoms with Gasteiger partial charge in [0, 0.05) is 39.4 Å². The number of ether oxygens (including phenoxy) is 1. The average Bonchev–Trinajstić information content (AvgIpc) is 2.92. The van der Waals surface area contributed by atoms with Crippen LogP contribution < -0.4 is 5.32 Å². The molecule has 1 N–H and O–H groups in total. The third kappa shape index (κ3) is 4.10. The molecule has 1 aliphatic heterocycles. The van der Waals surface area contributed by atoms with Gasteiger partial charge in [0.05, 0.1) is 12.6 Å². The molecule has 0 unspecified atom stereocenters. The van der Waals surface area contributed by atoms with Gasteiger partial charge < -0.3 is 19.5 Å². The summed E-state index contributed by atoms with van der Waals surface area (Å²) in [5, 5.41) is 2.76. The standard InChI is InChI=1S/C16H26N4O3/c1-11(2)9-14(21)20-7-6-19-10-13(18-15(19)12(20)3)16(22)17-5-8-23-4/h10-12H,5-9H2,1-4H3,(H,17,22)/t12-/m0/s1. The summed E-state index contributed by atoms with van der Waals surface area (Å²) >= 11 is 0. The number of carbonyl (C=O) groups is 2. The Morgan fingerprint density at radius 3 is 2.83 bits per heavy atom. The largest absolute Gasteiger partial charge is 0.383 e. The zero-order chi connectivity index (χ0) is 17.0. The van der Waals surface area contributed by atoms with Gasteiger partial charge in [0.1, 0.15) is 11.5 Å². The molecule has 1 aromatic rings. The van der Waals surface area contributed by atoms with E-state index in [1.54, 1.807) is 13.3 Å². The molecule has 2 amide bonds. The van der Waals surface area contributed by atoms with Crippen molar-refractivity contribution in [3.05, 3.63) is 17.7 Å². The molecule has 0 radical (unpaired) electrons. The molecule has 7 nitrogen and oxygen atoms in total. The maximum Gasteiger partial charge on any atom is 0.271 e. The highest BCUT2D eigenvalue weighted by Crippen LogP contribution is 2.25. The number of nitrogens with zero attached hydrogens (tertiary/aromatic N) is 3. The molecule has 23 heavy (non-hydrogen) atoms. The van der Waals surface area contributed by atoms with Crippen molar-refractivity contribution in [1.29, 1.82) is 0 Å². The number of methoxy groups -OCH3 is 1. The normalized spacial score (nSPS) is 17.3. The molecular formula is C16H26N4O3. The van der Waals surface area contributed by atoms with Gasteiger partial charge in [-0.05, 0) is 12.8 Å². The summed E-state index contributed by atoms with van der Waals surface area (Å²) in [5.41, 5.74) is 0.390. The van der Waals surface area contributed by atoms with Crippen LogP contribution in [0.25, 0.3) is 0 Å². The summed E-state index contributed by atoms with van der Waals surface area (Å²) in [6.45, 7) is 8.27. The predicted octanol–water partition coefficient (Wildman–Crippen LogP) is 1.21. The van der Waals surface area contributed by atoms with Gasteiger partial charge in [-0.3, -0.25) is 9.59 Å². The monoisotopic (exact) mass is 322 g/mol. The Kier molecular flexibility index (Phi) is 5.76. The van der Waals surface area contributed by atoms with Crippen molar-refractivity contribution < 1.29 is 14.3 Å². The van der Waals surface area contributed by atoms with Crippen LogP contribution in [0.1, 0.15) is 49.5 Å². The number of aromatic nitrogens is 2. The van der Waals surface area contributed by atoms with Crippen LogP contribution >= 0.6 is 0 Å². The molecular weight excluding hydrogens is 296 g/mol. The number of carbonyl (C=O) groups excluding carboxylic acids is 2. The van der Waals surface area contributed by atoms with Gasteiger partial charge in [-0.1, -0.05) is 13.8 Å². The lowest BCUT2D eigenvalue weighted by Gasteiger charge is -2.34. The molecule has 2 heterocycles. The Balaban J connectivity index is 2.08. The molecule has 1 atom stereocenters. The van der Waals surface area contributed by atoms with E-state index in [-0.39, 0.29) is 17.9 Å². The van der Waals surface area contributed by atoms with Crippen molar-refractivity contribution in [2.45, 2.75) is 39.8 Å². The van der Waals surface area contributed by atoms with Crippen molar-refractivity contribution in [3.8, 4) is 0 Å². The number of hydrogen-bond donors (Lipinski definition) is 1. The molecule has 1 aromatic heterocycles. The minimum absolute atomic E-state index is 0.115. The summed E-state index contributed by atoms with van der Waals surface area (Å²) in [4.78, 5) is 30.7. The van der Waals surface area contributed by atoms with Crippen LogP contribution in [0, 0.1) is 5.92 Å². The molecule has 0 spiro atoms. The minimum atomic E-state index is -0.212. The Bertz CT molecular complexity index is 568. The molecule has 128 valence electrons. The Labute approximate surface area is 137 Å². The molecule has 0 saturated carbocycles. The van der Waals surface area contributed by atoms with E-state index in [0.717, 1.165) is 5.82 Å². The number of hydrogen-bond acceptors (Lipinski definition) is 4. The number of fused-ring (bicyclic) bond motifs is 1. The second-order valence-electron chi connectivity index (χ2n) is 6.29. The maximum atomic E-state index is 12.3. The summed E-state index contributed by atoms with van der Waals surface area (Å²) < 4.78 is 6.88. The van der Waals surface area contributed by atoms with Crippen LogP contribution in [0.4, 0.5) is 0 Å². The van der Waals surface area contributed by atoms with Crippen molar-refractivity contribution in [3.63, 3.8) is 0 Å². The second-order valence-corrected chi connectivity index (χ2v) is 6.29. The van der Waals surface area contributed by atoms with E-state index in [1.165, 1.54) is 0 Å². The molecule has 0 saturated heterocycles. The van der Waals surface area contributed by atoms with Gasteiger partial charge in [-0.15, -0.1) is 0 Å². The van der Waals surface area contributed by atoms with Crippen LogP contribution in [0.5, 0.6) is 0 Å². The van der Waals surface area contributed by atoms with Gasteiger partial charge in [0.2, 0.25) is 5.91 Å². The van der Waals surface area contributed by atoms with Crippen molar-refractivity contribution in [2.24, 2.45) is 5.92 Å². The van der Waals surface area contributed by atoms with Crippen LogP contribution in [-0.4, -0.2) is 53.1 Å². The first-order chi connectivity index (χ1) is 10.9. The zero-order valence-electron chi connectivity index (χ0n) is 14.3. The fourth-order valence-corrected chi connectivity index (χ4v) is 2.77. The van der Waals surface area contributed by atoms with E-state index in [9.17, 15) is 9.59 Å². The SMILES string of the molecule is COCCNC(=O)c1cn2c(n1)[C@H](C)N(C(=O)CC(C)C)CC2. The first-order valence-corrected chi connectivity index (χ1v) is 8.07. The molecule has 7 heteroatoms. The highest BCUT2D eigenvalue weighted by molar-refractivity contribution is 5.92. The van der Waals surface area contributed by atoms with Gasteiger partial charge in [0.15, 0.2) is 0 Å². The Morgan fingerprint density at radius 1 is 1.43 bits per heavy atom. The van der Waals surface area contributed by atoms with Gasteiger partial charge in [0.25, 0.3) is 5.91 Å². The Morgan fingerprint density at radius 2 is 2.17 bits per heavy atom. The van der Waals surface area contributed by atoms with Crippen LogP contribution in [0.3, 0.4) is 0 Å². The fraction of sp³-hybridized carbons (Fsp3) is 0.688. The van der Waals surface area contributed by atoms with E-state index in [2.05, 4.69) is 10.3 Å². The quantitative estimate of drug-likeness (QED) is 0.799. The van der Waals surface area contributed by atoms with E-state index in [4.69, 9.17) is 4.74 Å². The van der Waals surface area contributed by atoms with E-state index in [0.29, 0.717) is 44.3 Å². The first-order valence-electron chi connectivity index (χ1n) is 8.07. The van der Waals surface area contributed by atoms with E-state index in [1.807, 2.05) is 30.2 Å². The van der Waals surface area contributed by atoms with Crippen molar-refractivity contribution in [1.82, 2.24) is 19.8 Å². The maximum absolute atomic E-state index is 12.3. The van der Waals surface area contributed by atoms with Gasteiger partial charge in [-0.25, -0.2) is 4.98 Å². The highest BCUT2D eigenvalue weighted by atomic mass is 16.5. The third-order valence-corrected chi connectivity index (χ3v) is 3.96. The number of rotatable bonds is 6. The molecule has 2 rings (SSSR count). The van der Waals surface area contributed by atoms with Crippen molar-refractivity contribution in [2.75, 3.05) is 26.8 Å². The lowest BCUT2D eigenvalue weighted by molar-refractivity contribution is -0.135. The molecule has 0 aromatic carbocycles. The summed E-state index contributed by atoms with van der Waals surface area (Å²) in [6, 6.07) is -0.115. The first kappa shape index (κ1) is 17.5. The molecule has 0 fully saturated rings. The number of nitrogens with one attached hydrogen (secondary N) is 1. The van der Waals surface area contributed by atoms with E-state index < -0.39 is 0 Å². The highest BCUT2D eigenvalue weighted by Gasteiger charge is 2.30.